The highest BCUT2D eigenvalue weighted by atomic mass is 35.5. The Hall–Kier alpha value is -2.55. The van der Waals surface area contributed by atoms with E-state index in [1.807, 2.05) is 6.92 Å². The first kappa shape index (κ1) is 28.0. The molecule has 0 aromatic carbocycles. The van der Waals surface area contributed by atoms with E-state index in [-0.39, 0.29) is 36.1 Å². The molecular weight excluding hydrogens is 569 g/mol. The van der Waals surface area contributed by atoms with Gasteiger partial charge in [-0.25, -0.2) is 24.5 Å². The van der Waals surface area contributed by atoms with Gasteiger partial charge in [0.2, 0.25) is 5.78 Å². The van der Waals surface area contributed by atoms with Crippen molar-refractivity contribution in [2.45, 2.75) is 50.9 Å². The normalized spacial score (nSPS) is 24.9. The van der Waals surface area contributed by atoms with E-state index in [0.29, 0.717) is 33.9 Å². The number of carbonyl (C=O) groups is 1. The number of nitrogens with zero attached hydrogens (tertiary/aromatic N) is 3. The van der Waals surface area contributed by atoms with Gasteiger partial charge in [-0.05, 0) is 51.2 Å². The molecule has 3 aromatic heterocycles. The molecule has 2 unspecified atom stereocenters. The summed E-state index contributed by atoms with van der Waals surface area (Å²) in [5.74, 6) is 0.132. The Morgan fingerprint density at radius 2 is 2.18 bits per heavy atom. The van der Waals surface area contributed by atoms with Crippen LogP contribution in [0.15, 0.2) is 30.7 Å². The Morgan fingerprint density at radius 1 is 1.38 bits per heavy atom. The van der Waals surface area contributed by atoms with Crippen molar-refractivity contribution in [2.75, 3.05) is 18.5 Å². The van der Waals surface area contributed by atoms with Crippen LogP contribution in [-0.2, 0) is 24.9 Å². The topological polar surface area (TPSA) is 146 Å². The lowest BCUT2D eigenvalue weighted by Crippen LogP contribution is -2.32. The van der Waals surface area contributed by atoms with Crippen LogP contribution < -0.4 is 10.5 Å². The number of aromatic nitrogens is 3. The summed E-state index contributed by atoms with van der Waals surface area (Å²) < 4.78 is 48.0. The largest absolute Gasteiger partial charge is 0.367 e. The number of thiophene rings is 1. The van der Waals surface area contributed by atoms with E-state index in [0.717, 1.165) is 23.3 Å². The Bertz CT molecular complexity index is 1520. The summed E-state index contributed by atoms with van der Waals surface area (Å²) in [6.07, 6.45) is 4.28. The number of alkyl halides is 1. The van der Waals surface area contributed by atoms with Crippen LogP contribution in [0.25, 0.3) is 0 Å². The number of anilines is 1. The number of ether oxygens (including phenoxy) is 1. The molecule has 4 heterocycles. The molecule has 0 bridgehead atoms. The van der Waals surface area contributed by atoms with Gasteiger partial charge in [0, 0.05) is 28.2 Å². The molecule has 4 atom stereocenters. The Labute approximate surface area is 234 Å². The molecule has 0 amide bonds. The van der Waals surface area contributed by atoms with Crippen molar-refractivity contribution in [3.63, 3.8) is 0 Å². The first-order valence-electron chi connectivity index (χ1n) is 12.3. The van der Waals surface area contributed by atoms with E-state index >= 15 is 4.39 Å². The molecule has 10 nitrogen and oxygen atoms in total. The number of hydrogen-bond acceptors (Lipinski definition) is 10. The van der Waals surface area contributed by atoms with Crippen molar-refractivity contribution >= 4 is 44.8 Å². The summed E-state index contributed by atoms with van der Waals surface area (Å²) >= 11 is 7.43. The fourth-order valence-electron chi connectivity index (χ4n) is 5.08. The number of carbonyl (C=O) groups excluding carboxylic acids is 1. The molecule has 1 fully saturated rings. The number of halogens is 2. The predicted molar refractivity (Wildman–Crippen MR) is 144 cm³/mol. The van der Waals surface area contributed by atoms with E-state index in [1.54, 1.807) is 18.2 Å². The lowest BCUT2D eigenvalue weighted by Gasteiger charge is -2.33. The summed E-state index contributed by atoms with van der Waals surface area (Å²) in [5, 5.41) is 8.46. The zero-order chi connectivity index (χ0) is 27.9. The molecular formula is C25H27ClFN5O5S2. The van der Waals surface area contributed by atoms with Crippen LogP contribution in [-0.4, -0.2) is 48.4 Å². The van der Waals surface area contributed by atoms with E-state index in [1.165, 1.54) is 30.8 Å². The molecule has 0 saturated heterocycles. The van der Waals surface area contributed by atoms with E-state index in [9.17, 15) is 13.2 Å². The van der Waals surface area contributed by atoms with Gasteiger partial charge in [-0.2, -0.15) is 8.42 Å². The fraction of sp³-hybridized carbons (Fsp3) is 0.440. The van der Waals surface area contributed by atoms with Crippen LogP contribution in [0.5, 0.6) is 0 Å². The number of ketones is 1. The molecule has 208 valence electrons. The fourth-order valence-corrected chi connectivity index (χ4v) is 6.62. The SMILES string of the molecule is Cc1sc(C(=O)c2cncnc2N[C@H]2CC[C@@H](COS(N)(=O)=O)C2)cc1C1OCC(C)(F)c2ccc(Cl)nc21. The van der Waals surface area contributed by atoms with Gasteiger partial charge in [-0.3, -0.25) is 8.98 Å². The highest BCUT2D eigenvalue weighted by molar-refractivity contribution is 7.84. The van der Waals surface area contributed by atoms with Crippen LogP contribution >= 0.6 is 22.9 Å². The zero-order valence-corrected chi connectivity index (χ0v) is 23.6. The van der Waals surface area contributed by atoms with E-state index < -0.39 is 22.1 Å². The second kappa shape index (κ2) is 10.8. The monoisotopic (exact) mass is 595 g/mol. The molecule has 1 saturated carbocycles. The first-order valence-corrected chi connectivity index (χ1v) is 14.9. The Morgan fingerprint density at radius 3 is 2.95 bits per heavy atom. The third-order valence-electron chi connectivity index (χ3n) is 6.99. The molecule has 14 heteroatoms. The van der Waals surface area contributed by atoms with Crippen molar-refractivity contribution in [2.24, 2.45) is 11.1 Å². The lowest BCUT2D eigenvalue weighted by atomic mass is 9.89. The van der Waals surface area contributed by atoms with Gasteiger partial charge in [0.1, 0.15) is 23.4 Å². The third-order valence-corrected chi connectivity index (χ3v) is 8.73. The van der Waals surface area contributed by atoms with Crippen LogP contribution in [0.1, 0.15) is 69.2 Å². The third kappa shape index (κ3) is 6.13. The molecule has 0 radical (unpaired) electrons. The maximum absolute atomic E-state index is 15.2. The minimum absolute atomic E-state index is 0.0102. The number of pyridine rings is 1. The minimum atomic E-state index is -3.99. The molecule has 39 heavy (non-hydrogen) atoms. The van der Waals surface area contributed by atoms with Crippen molar-refractivity contribution < 1.29 is 26.5 Å². The van der Waals surface area contributed by atoms with Crippen LogP contribution in [0.4, 0.5) is 10.2 Å². The van der Waals surface area contributed by atoms with Gasteiger partial charge in [-0.15, -0.1) is 11.3 Å². The van der Waals surface area contributed by atoms with Crippen molar-refractivity contribution in [3.05, 3.63) is 68.0 Å². The van der Waals surface area contributed by atoms with Gasteiger partial charge < -0.3 is 10.1 Å². The molecule has 5 rings (SSSR count). The number of nitrogens with one attached hydrogen (secondary N) is 1. The Kier molecular flexibility index (Phi) is 7.74. The quantitative estimate of drug-likeness (QED) is 0.288. The lowest BCUT2D eigenvalue weighted by molar-refractivity contribution is -0.0303. The number of hydrogen-bond donors (Lipinski definition) is 2. The molecule has 3 aromatic rings. The summed E-state index contributed by atoms with van der Waals surface area (Å²) in [4.78, 5) is 27.6. The van der Waals surface area contributed by atoms with Crippen LogP contribution in [0.2, 0.25) is 5.15 Å². The zero-order valence-electron chi connectivity index (χ0n) is 21.2. The van der Waals surface area contributed by atoms with Crippen LogP contribution in [0.3, 0.4) is 0 Å². The molecule has 0 spiro atoms. The summed E-state index contributed by atoms with van der Waals surface area (Å²) in [6, 6.07) is 4.90. The number of aryl methyl sites for hydroxylation is 1. The maximum Gasteiger partial charge on any atom is 0.333 e. The van der Waals surface area contributed by atoms with Gasteiger partial charge >= 0.3 is 10.3 Å². The summed E-state index contributed by atoms with van der Waals surface area (Å²) in [6.45, 7) is 3.17. The van der Waals surface area contributed by atoms with Gasteiger partial charge in [0.05, 0.1) is 29.3 Å². The average Bonchev–Trinajstić information content (AvgIpc) is 3.48. The number of rotatable bonds is 8. The van der Waals surface area contributed by atoms with Gasteiger partial charge in [0.25, 0.3) is 0 Å². The average molecular weight is 596 g/mol. The maximum atomic E-state index is 15.2. The molecule has 3 N–H and O–H groups in total. The number of fused-ring (bicyclic) bond motifs is 1. The van der Waals surface area contributed by atoms with Crippen molar-refractivity contribution in [1.82, 2.24) is 15.0 Å². The summed E-state index contributed by atoms with van der Waals surface area (Å²) in [5.41, 5.74) is 0.115. The molecule has 2 aliphatic rings. The van der Waals surface area contributed by atoms with Crippen molar-refractivity contribution in [3.8, 4) is 0 Å². The smallest absolute Gasteiger partial charge is 0.333 e. The second-order valence-corrected chi connectivity index (χ2v) is 12.9. The highest BCUT2D eigenvalue weighted by Gasteiger charge is 2.40. The van der Waals surface area contributed by atoms with Gasteiger partial charge in [-0.1, -0.05) is 17.7 Å². The van der Waals surface area contributed by atoms with Crippen molar-refractivity contribution in [1.29, 1.82) is 0 Å². The van der Waals surface area contributed by atoms with Gasteiger partial charge in [0.15, 0.2) is 5.67 Å². The minimum Gasteiger partial charge on any atom is -0.367 e. The predicted octanol–water partition coefficient (Wildman–Crippen LogP) is 4.23. The second-order valence-electron chi connectivity index (χ2n) is 9.99. The Balaban J connectivity index is 1.36. The standard InChI is InChI=1S/C25H27ClFN5O5S2/c1-13-16(23-21-18(5-6-20(26)32-21)25(2,27)11-36-23)8-19(38-13)22(33)17-9-29-12-30-24(17)31-15-4-3-14(7-15)10-37-39(28,34)35/h5-6,8-9,12,14-15,23H,3-4,7,10-11H2,1-2H3,(H2,28,34,35)(H,29,30,31)/t14-,15+,23?,25?/m1/s1. The van der Waals surface area contributed by atoms with Crippen LogP contribution in [0, 0.1) is 12.8 Å². The number of nitrogens with two attached hydrogens (primary N) is 1. The van der Waals surface area contributed by atoms with E-state index in [2.05, 4.69) is 20.3 Å². The summed E-state index contributed by atoms with van der Waals surface area (Å²) in [7, 11) is -3.99. The molecule has 1 aliphatic carbocycles. The molecule has 1 aliphatic heterocycles. The van der Waals surface area contributed by atoms with E-state index in [4.69, 9.17) is 25.7 Å². The highest BCUT2D eigenvalue weighted by Crippen LogP contribution is 2.44. The first-order chi connectivity index (χ1) is 18.4.